The van der Waals surface area contributed by atoms with E-state index in [4.69, 9.17) is 5.73 Å². The van der Waals surface area contributed by atoms with E-state index in [2.05, 4.69) is 9.97 Å². The van der Waals surface area contributed by atoms with Crippen molar-refractivity contribution >= 4 is 5.91 Å². The fraction of sp³-hybridized carbons (Fsp3) is 0. The predicted octanol–water partition coefficient (Wildman–Crippen LogP) is 1.24. The number of carbonyl (C=O) groups is 1. The van der Waals surface area contributed by atoms with Crippen LogP contribution in [0.4, 0.5) is 0 Å². The maximum atomic E-state index is 10.9. The lowest BCUT2D eigenvalue weighted by atomic mass is 10.1. The van der Waals surface area contributed by atoms with Gasteiger partial charge in [0, 0.05) is 18.0 Å². The van der Waals surface area contributed by atoms with Crippen molar-refractivity contribution in [3.8, 4) is 11.3 Å². The second kappa shape index (κ2) is 3.88. The molecule has 0 aliphatic rings. The van der Waals surface area contributed by atoms with Crippen LogP contribution in [0.25, 0.3) is 11.3 Å². The minimum absolute atomic E-state index is 0.248. The van der Waals surface area contributed by atoms with Gasteiger partial charge in [-0.25, -0.2) is 0 Å². The fourth-order valence-electron chi connectivity index (χ4n) is 1.26. The molecule has 0 bridgehead atoms. The zero-order valence-corrected chi connectivity index (χ0v) is 7.92. The number of hydrogen-bond donors (Lipinski definition) is 1. The van der Waals surface area contributed by atoms with Gasteiger partial charge in [-0.2, -0.15) is 0 Å². The number of rotatable bonds is 2. The van der Waals surface area contributed by atoms with Gasteiger partial charge in [-0.15, -0.1) is 0 Å². The Morgan fingerprint density at radius 3 is 2.67 bits per heavy atom. The van der Waals surface area contributed by atoms with Gasteiger partial charge in [0.25, 0.3) is 5.91 Å². The van der Waals surface area contributed by atoms with Crippen molar-refractivity contribution < 1.29 is 4.79 Å². The maximum absolute atomic E-state index is 10.9. The van der Waals surface area contributed by atoms with Crippen LogP contribution in [0.2, 0.25) is 0 Å². The van der Waals surface area contributed by atoms with Crippen LogP contribution in [0.3, 0.4) is 0 Å². The highest BCUT2D eigenvalue weighted by Gasteiger charge is 2.04. The molecule has 74 valence electrons. The van der Waals surface area contributed by atoms with Crippen molar-refractivity contribution in [1.82, 2.24) is 9.97 Å². The van der Waals surface area contributed by atoms with Crippen LogP contribution < -0.4 is 5.73 Å². The molecule has 0 atom stereocenters. The quantitative estimate of drug-likeness (QED) is 0.791. The lowest BCUT2D eigenvalue weighted by molar-refractivity contribution is 0.0995. The fourth-order valence-corrected chi connectivity index (χ4v) is 1.26. The molecule has 4 nitrogen and oxygen atoms in total. The number of pyridine rings is 2. The van der Waals surface area contributed by atoms with Crippen molar-refractivity contribution in [3.05, 3.63) is 48.4 Å². The van der Waals surface area contributed by atoms with Crippen LogP contribution in [0.1, 0.15) is 10.5 Å². The third kappa shape index (κ3) is 1.99. The van der Waals surface area contributed by atoms with Crippen LogP contribution in [0.5, 0.6) is 0 Å². The Bertz CT molecular complexity index is 482. The summed E-state index contributed by atoms with van der Waals surface area (Å²) in [5, 5.41) is 0. The Morgan fingerprint density at radius 1 is 1.13 bits per heavy atom. The second-order valence-corrected chi connectivity index (χ2v) is 3.01. The van der Waals surface area contributed by atoms with E-state index < -0.39 is 5.91 Å². The van der Waals surface area contributed by atoms with Crippen molar-refractivity contribution in [2.24, 2.45) is 5.73 Å². The third-order valence-electron chi connectivity index (χ3n) is 1.97. The molecule has 1 amide bonds. The van der Waals surface area contributed by atoms with Gasteiger partial charge in [0.2, 0.25) is 0 Å². The summed E-state index contributed by atoms with van der Waals surface area (Å²) in [6.07, 6.45) is 3.24. The molecular weight excluding hydrogens is 190 g/mol. The summed E-state index contributed by atoms with van der Waals surface area (Å²) >= 11 is 0. The normalized spacial score (nSPS) is 9.87. The number of aromatic nitrogens is 2. The number of primary amides is 1. The summed E-state index contributed by atoms with van der Waals surface area (Å²) in [5.74, 6) is -0.534. The molecule has 0 saturated carbocycles. The maximum Gasteiger partial charge on any atom is 0.267 e. The molecule has 0 aromatic carbocycles. The molecule has 2 heterocycles. The van der Waals surface area contributed by atoms with Crippen molar-refractivity contribution in [2.45, 2.75) is 0 Å². The minimum Gasteiger partial charge on any atom is -0.364 e. The highest BCUT2D eigenvalue weighted by molar-refractivity contribution is 5.91. The molecule has 0 saturated heterocycles. The first-order valence-electron chi connectivity index (χ1n) is 4.44. The zero-order valence-electron chi connectivity index (χ0n) is 7.92. The summed E-state index contributed by atoms with van der Waals surface area (Å²) in [5.41, 5.74) is 7.01. The Kier molecular flexibility index (Phi) is 2.41. The van der Waals surface area contributed by atoms with Gasteiger partial charge in [0.15, 0.2) is 0 Å². The first kappa shape index (κ1) is 9.33. The van der Waals surface area contributed by atoms with Crippen LogP contribution >= 0.6 is 0 Å². The summed E-state index contributed by atoms with van der Waals surface area (Å²) in [4.78, 5) is 19.0. The van der Waals surface area contributed by atoms with Crippen LogP contribution in [-0.4, -0.2) is 15.9 Å². The molecule has 0 aliphatic carbocycles. The molecule has 2 rings (SSSR count). The highest BCUT2D eigenvalue weighted by Crippen LogP contribution is 2.15. The van der Waals surface area contributed by atoms with Gasteiger partial charge in [0.1, 0.15) is 5.69 Å². The summed E-state index contributed by atoms with van der Waals surface area (Å²) in [6, 6.07) is 8.99. The lowest BCUT2D eigenvalue weighted by Gasteiger charge is -2.00. The van der Waals surface area contributed by atoms with Gasteiger partial charge in [0.05, 0.1) is 5.69 Å². The Hall–Kier alpha value is -2.23. The van der Waals surface area contributed by atoms with E-state index >= 15 is 0 Å². The SMILES string of the molecule is NC(=O)c1cc(-c2ccccn2)ccn1. The van der Waals surface area contributed by atoms with E-state index in [9.17, 15) is 4.79 Å². The van der Waals surface area contributed by atoms with Gasteiger partial charge in [-0.1, -0.05) is 6.07 Å². The van der Waals surface area contributed by atoms with Crippen LogP contribution in [-0.2, 0) is 0 Å². The van der Waals surface area contributed by atoms with E-state index in [-0.39, 0.29) is 5.69 Å². The molecule has 0 spiro atoms. The van der Waals surface area contributed by atoms with Crippen LogP contribution in [0.15, 0.2) is 42.7 Å². The van der Waals surface area contributed by atoms with Gasteiger partial charge in [-0.3, -0.25) is 14.8 Å². The highest BCUT2D eigenvalue weighted by atomic mass is 16.1. The van der Waals surface area contributed by atoms with Gasteiger partial charge < -0.3 is 5.73 Å². The molecule has 4 heteroatoms. The smallest absolute Gasteiger partial charge is 0.267 e. The average Bonchev–Trinajstić information content (AvgIpc) is 2.30. The monoisotopic (exact) mass is 199 g/mol. The first-order chi connectivity index (χ1) is 7.27. The largest absolute Gasteiger partial charge is 0.364 e. The van der Waals surface area contributed by atoms with Crippen molar-refractivity contribution in [3.63, 3.8) is 0 Å². The Balaban J connectivity index is 2.46. The Labute approximate surface area is 86.8 Å². The molecule has 0 unspecified atom stereocenters. The van der Waals surface area contributed by atoms with Crippen molar-refractivity contribution in [1.29, 1.82) is 0 Å². The zero-order chi connectivity index (χ0) is 10.7. The third-order valence-corrected chi connectivity index (χ3v) is 1.97. The van der Waals surface area contributed by atoms with E-state index in [1.54, 1.807) is 24.5 Å². The number of nitrogens with zero attached hydrogens (tertiary/aromatic N) is 2. The molecule has 0 radical (unpaired) electrons. The topological polar surface area (TPSA) is 68.9 Å². The molecule has 2 aromatic heterocycles. The van der Waals surface area contributed by atoms with Crippen LogP contribution in [0, 0.1) is 0 Å². The predicted molar refractivity (Wildman–Crippen MR) is 56.0 cm³/mol. The molecule has 15 heavy (non-hydrogen) atoms. The number of hydrogen-bond acceptors (Lipinski definition) is 3. The molecular formula is C11H9N3O. The standard InChI is InChI=1S/C11H9N3O/c12-11(15)10-7-8(4-6-14-10)9-3-1-2-5-13-9/h1-7H,(H2,12,15). The van der Waals surface area contributed by atoms with Crippen molar-refractivity contribution in [2.75, 3.05) is 0 Å². The van der Waals surface area contributed by atoms with Gasteiger partial charge >= 0.3 is 0 Å². The van der Waals surface area contributed by atoms with Gasteiger partial charge in [-0.05, 0) is 24.3 Å². The summed E-state index contributed by atoms with van der Waals surface area (Å²) < 4.78 is 0. The van der Waals surface area contributed by atoms with E-state index in [0.717, 1.165) is 11.3 Å². The molecule has 2 N–H and O–H groups in total. The Morgan fingerprint density at radius 2 is 2.00 bits per heavy atom. The molecule has 2 aromatic rings. The molecule has 0 fully saturated rings. The van der Waals surface area contributed by atoms with E-state index in [1.807, 2.05) is 18.2 Å². The number of carbonyl (C=O) groups excluding carboxylic acids is 1. The summed E-state index contributed by atoms with van der Waals surface area (Å²) in [7, 11) is 0. The van der Waals surface area contributed by atoms with E-state index in [0.29, 0.717) is 0 Å². The minimum atomic E-state index is -0.534. The summed E-state index contributed by atoms with van der Waals surface area (Å²) in [6.45, 7) is 0. The van der Waals surface area contributed by atoms with E-state index in [1.165, 1.54) is 0 Å². The lowest BCUT2D eigenvalue weighted by Crippen LogP contribution is -2.12. The molecule has 0 aliphatic heterocycles. The number of nitrogens with two attached hydrogens (primary N) is 1. The first-order valence-corrected chi connectivity index (χ1v) is 4.44. The number of amides is 1. The second-order valence-electron chi connectivity index (χ2n) is 3.01. The average molecular weight is 199 g/mol.